The summed E-state index contributed by atoms with van der Waals surface area (Å²) < 4.78 is 6.35. The Labute approximate surface area is 171 Å². The summed E-state index contributed by atoms with van der Waals surface area (Å²) in [5.41, 5.74) is -0.392. The minimum Gasteiger partial charge on any atom is -0.380 e. The first kappa shape index (κ1) is 23.8. The van der Waals surface area contributed by atoms with Crippen molar-refractivity contribution in [3.63, 3.8) is 0 Å². The maximum Gasteiger partial charge on any atom is 0.240 e. The molecule has 1 atom stereocenters. The molecule has 1 fully saturated rings. The Bertz CT molecular complexity index is 567. The van der Waals surface area contributed by atoms with Gasteiger partial charge in [-0.2, -0.15) is 0 Å². The van der Waals surface area contributed by atoms with Gasteiger partial charge in [0.05, 0.1) is 19.0 Å². The molecule has 1 aliphatic heterocycles. The van der Waals surface area contributed by atoms with Crippen LogP contribution in [0.1, 0.15) is 41.0 Å². The van der Waals surface area contributed by atoms with E-state index in [4.69, 9.17) is 17.0 Å². The van der Waals surface area contributed by atoms with Gasteiger partial charge in [-0.3, -0.25) is 19.3 Å². The third kappa shape index (κ3) is 8.57. The summed E-state index contributed by atoms with van der Waals surface area (Å²) in [7, 11) is 0. The molecule has 0 aromatic rings. The van der Waals surface area contributed by atoms with Gasteiger partial charge < -0.3 is 15.4 Å². The number of thiocarbonyl (C=S) groups is 1. The SMILES string of the molecule is CCC(C)(CNC(=O)CN1C(=O)CSC1=S)COCC(C)(C)CNC(C)=O. The lowest BCUT2D eigenvalue weighted by molar-refractivity contribution is -0.130. The standard InChI is InChI=1S/C18H31N3O4S2/c1-6-18(5,12-25-11-17(3,4)9-19-13(2)22)10-20-14(23)7-21-15(24)8-27-16(21)26/h6-12H2,1-5H3,(H,19,22)(H,20,23). The highest BCUT2D eigenvalue weighted by molar-refractivity contribution is 8.23. The van der Waals surface area contributed by atoms with Crippen molar-refractivity contribution in [2.45, 2.75) is 41.0 Å². The zero-order chi connectivity index (χ0) is 20.7. The van der Waals surface area contributed by atoms with Crippen LogP contribution in [0.25, 0.3) is 0 Å². The number of hydrogen-bond acceptors (Lipinski definition) is 6. The van der Waals surface area contributed by atoms with E-state index in [0.29, 0.717) is 36.4 Å². The van der Waals surface area contributed by atoms with Crippen molar-refractivity contribution < 1.29 is 19.1 Å². The first-order valence-electron chi connectivity index (χ1n) is 9.04. The number of ether oxygens (including phenoxy) is 1. The van der Waals surface area contributed by atoms with Crippen molar-refractivity contribution in [3.8, 4) is 0 Å². The van der Waals surface area contributed by atoms with Gasteiger partial charge >= 0.3 is 0 Å². The highest BCUT2D eigenvalue weighted by Gasteiger charge is 2.30. The van der Waals surface area contributed by atoms with Crippen molar-refractivity contribution in [1.82, 2.24) is 15.5 Å². The van der Waals surface area contributed by atoms with Gasteiger partial charge in [0, 0.05) is 30.8 Å². The molecule has 0 saturated carbocycles. The van der Waals surface area contributed by atoms with Crippen LogP contribution in [0.3, 0.4) is 0 Å². The molecule has 3 amide bonds. The predicted molar refractivity (Wildman–Crippen MR) is 111 cm³/mol. The molecule has 0 aromatic heterocycles. The van der Waals surface area contributed by atoms with E-state index in [-0.39, 0.29) is 35.1 Å². The number of nitrogens with zero attached hydrogens (tertiary/aromatic N) is 1. The lowest BCUT2D eigenvalue weighted by atomic mass is 9.88. The molecule has 0 aromatic carbocycles. The van der Waals surface area contributed by atoms with Gasteiger partial charge in [-0.1, -0.05) is 51.7 Å². The molecule has 1 aliphatic rings. The van der Waals surface area contributed by atoms with E-state index in [1.54, 1.807) is 0 Å². The summed E-state index contributed by atoms with van der Waals surface area (Å²) in [4.78, 5) is 36.3. The van der Waals surface area contributed by atoms with Crippen LogP contribution in [-0.4, -0.2) is 65.5 Å². The van der Waals surface area contributed by atoms with Crippen LogP contribution in [0.15, 0.2) is 0 Å². The lowest BCUT2D eigenvalue weighted by Crippen LogP contribution is -2.44. The maximum absolute atomic E-state index is 12.2. The number of amides is 3. The highest BCUT2D eigenvalue weighted by atomic mass is 32.2. The number of nitrogens with one attached hydrogen (secondary N) is 2. The van der Waals surface area contributed by atoms with Gasteiger partial charge in [-0.25, -0.2) is 0 Å². The highest BCUT2D eigenvalue weighted by Crippen LogP contribution is 2.23. The summed E-state index contributed by atoms with van der Waals surface area (Å²) in [6, 6.07) is 0. The normalized spacial score (nSPS) is 17.0. The molecule has 1 unspecified atom stereocenters. The second kappa shape index (κ2) is 10.4. The molecule has 0 radical (unpaired) electrons. The topological polar surface area (TPSA) is 87.7 Å². The Morgan fingerprint density at radius 1 is 1.22 bits per heavy atom. The number of thioether (sulfide) groups is 1. The van der Waals surface area contributed by atoms with E-state index in [1.807, 2.05) is 20.8 Å². The summed E-state index contributed by atoms with van der Waals surface area (Å²) in [5, 5.41) is 5.70. The van der Waals surface area contributed by atoms with Crippen molar-refractivity contribution in [1.29, 1.82) is 0 Å². The van der Waals surface area contributed by atoms with Gasteiger partial charge in [0.25, 0.3) is 0 Å². The van der Waals surface area contributed by atoms with Crippen LogP contribution in [0.2, 0.25) is 0 Å². The monoisotopic (exact) mass is 417 g/mol. The molecule has 7 nitrogen and oxygen atoms in total. The van der Waals surface area contributed by atoms with Gasteiger partial charge in [0.15, 0.2) is 0 Å². The van der Waals surface area contributed by atoms with Crippen LogP contribution in [0.5, 0.6) is 0 Å². The van der Waals surface area contributed by atoms with Crippen LogP contribution < -0.4 is 10.6 Å². The Morgan fingerprint density at radius 3 is 2.41 bits per heavy atom. The van der Waals surface area contributed by atoms with Crippen molar-refractivity contribution in [2.75, 3.05) is 38.6 Å². The Kier molecular flexibility index (Phi) is 9.17. The Morgan fingerprint density at radius 2 is 1.89 bits per heavy atom. The third-order valence-corrected chi connectivity index (χ3v) is 5.90. The van der Waals surface area contributed by atoms with Crippen LogP contribution in [0.4, 0.5) is 0 Å². The molecule has 0 spiro atoms. The molecule has 2 N–H and O–H groups in total. The van der Waals surface area contributed by atoms with Gasteiger partial charge in [-0.15, -0.1) is 0 Å². The molecule has 0 bridgehead atoms. The average Bonchev–Trinajstić information content (AvgIpc) is 2.90. The fraction of sp³-hybridized carbons (Fsp3) is 0.778. The van der Waals surface area contributed by atoms with E-state index in [9.17, 15) is 14.4 Å². The molecule has 154 valence electrons. The second-order valence-electron chi connectivity index (χ2n) is 8.04. The summed E-state index contributed by atoms with van der Waals surface area (Å²) in [6.07, 6.45) is 0.830. The van der Waals surface area contributed by atoms with E-state index in [0.717, 1.165) is 6.42 Å². The molecular weight excluding hydrogens is 386 g/mol. The van der Waals surface area contributed by atoms with Crippen molar-refractivity contribution in [3.05, 3.63) is 0 Å². The molecule has 0 aliphatic carbocycles. The molecule has 9 heteroatoms. The zero-order valence-corrected chi connectivity index (χ0v) is 18.5. The van der Waals surface area contributed by atoms with E-state index < -0.39 is 0 Å². The number of hydrogen-bond donors (Lipinski definition) is 2. The van der Waals surface area contributed by atoms with E-state index in [2.05, 4.69) is 17.6 Å². The van der Waals surface area contributed by atoms with E-state index in [1.165, 1.54) is 23.6 Å². The predicted octanol–water partition coefficient (Wildman–Crippen LogP) is 1.56. The molecule has 1 saturated heterocycles. The molecular formula is C18H31N3O4S2. The second-order valence-corrected chi connectivity index (χ2v) is 9.65. The van der Waals surface area contributed by atoms with Gasteiger partial charge in [0.1, 0.15) is 10.9 Å². The third-order valence-electron chi connectivity index (χ3n) is 4.47. The van der Waals surface area contributed by atoms with E-state index >= 15 is 0 Å². The van der Waals surface area contributed by atoms with Crippen molar-refractivity contribution in [2.24, 2.45) is 10.8 Å². The maximum atomic E-state index is 12.2. The zero-order valence-electron chi connectivity index (χ0n) is 16.8. The minimum absolute atomic E-state index is 0.0327. The van der Waals surface area contributed by atoms with Crippen molar-refractivity contribution >= 4 is 46.0 Å². The van der Waals surface area contributed by atoms with Crippen LogP contribution in [-0.2, 0) is 19.1 Å². The fourth-order valence-electron chi connectivity index (χ4n) is 2.31. The number of carbonyl (C=O) groups excluding carboxylic acids is 3. The van der Waals surface area contributed by atoms with Crippen LogP contribution in [0, 0.1) is 10.8 Å². The average molecular weight is 418 g/mol. The quantitative estimate of drug-likeness (QED) is 0.496. The summed E-state index contributed by atoms with van der Waals surface area (Å²) in [6.45, 7) is 11.6. The van der Waals surface area contributed by atoms with Gasteiger partial charge in [-0.05, 0) is 6.42 Å². The Balaban J connectivity index is 2.41. The smallest absolute Gasteiger partial charge is 0.240 e. The minimum atomic E-state index is -0.223. The molecule has 27 heavy (non-hydrogen) atoms. The Hall–Kier alpha value is -1.19. The van der Waals surface area contributed by atoms with Gasteiger partial charge in [0.2, 0.25) is 17.7 Å². The molecule has 1 rings (SSSR count). The largest absolute Gasteiger partial charge is 0.380 e. The number of rotatable bonds is 11. The number of carbonyl (C=O) groups is 3. The van der Waals surface area contributed by atoms with Crippen LogP contribution >= 0.6 is 24.0 Å². The first-order valence-corrected chi connectivity index (χ1v) is 10.4. The lowest BCUT2D eigenvalue weighted by Gasteiger charge is -2.31. The first-order chi connectivity index (χ1) is 12.5. The molecule has 1 heterocycles. The summed E-state index contributed by atoms with van der Waals surface area (Å²) >= 11 is 6.37. The summed E-state index contributed by atoms with van der Waals surface area (Å²) in [5.74, 6) is -0.0958. The fourth-order valence-corrected chi connectivity index (χ4v) is 3.38.